The molecule has 7 nitrogen and oxygen atoms in total. The lowest BCUT2D eigenvalue weighted by Gasteiger charge is -2.30. The molecule has 0 bridgehead atoms. The maximum atomic E-state index is 12.7. The van der Waals surface area contributed by atoms with E-state index in [9.17, 15) is 14.4 Å². The van der Waals surface area contributed by atoms with Gasteiger partial charge in [0, 0.05) is 25.5 Å². The second-order valence-corrected chi connectivity index (χ2v) is 7.72. The van der Waals surface area contributed by atoms with E-state index in [-0.39, 0.29) is 30.4 Å². The molecule has 1 unspecified atom stereocenters. The number of hydrogen-bond donors (Lipinski definition) is 1. The first-order chi connectivity index (χ1) is 15.9. The number of rotatable bonds is 7. The van der Waals surface area contributed by atoms with Crippen molar-refractivity contribution in [1.29, 1.82) is 0 Å². The van der Waals surface area contributed by atoms with Gasteiger partial charge in [-0.3, -0.25) is 14.4 Å². The van der Waals surface area contributed by atoms with Crippen LogP contribution in [-0.2, 0) is 9.59 Å². The van der Waals surface area contributed by atoms with Crippen LogP contribution in [0.2, 0.25) is 0 Å². The van der Waals surface area contributed by atoms with Crippen molar-refractivity contribution in [2.45, 2.75) is 25.9 Å². The Bertz CT molecular complexity index is 1190. The van der Waals surface area contributed by atoms with Crippen LogP contribution in [0.15, 0.2) is 72.8 Å². The molecule has 0 aromatic heterocycles. The third kappa shape index (κ3) is 5.03. The second-order valence-electron chi connectivity index (χ2n) is 7.72. The molecule has 0 saturated heterocycles. The van der Waals surface area contributed by atoms with Crippen molar-refractivity contribution < 1.29 is 23.9 Å². The van der Waals surface area contributed by atoms with Gasteiger partial charge < -0.3 is 19.7 Å². The lowest BCUT2D eigenvalue weighted by molar-refractivity contribution is -0.125. The largest absolute Gasteiger partial charge is 0.479 e. The number of carbonyl (C=O) groups excluding carboxylic acids is 3. The van der Waals surface area contributed by atoms with E-state index in [1.54, 1.807) is 50.4 Å². The van der Waals surface area contributed by atoms with Gasteiger partial charge in [0.15, 0.2) is 17.6 Å². The number of nitrogens with one attached hydrogen (secondary N) is 1. The molecule has 33 heavy (non-hydrogen) atoms. The van der Waals surface area contributed by atoms with E-state index in [0.29, 0.717) is 34.2 Å². The Morgan fingerprint density at radius 1 is 1.00 bits per heavy atom. The van der Waals surface area contributed by atoms with Crippen LogP contribution in [0.5, 0.6) is 17.2 Å². The number of benzene rings is 3. The molecule has 7 heteroatoms. The molecule has 2 amide bonds. The molecule has 1 N–H and O–H groups in total. The monoisotopic (exact) mass is 444 g/mol. The quantitative estimate of drug-likeness (QED) is 0.528. The lowest BCUT2D eigenvalue weighted by Crippen LogP contribution is -2.42. The van der Waals surface area contributed by atoms with Gasteiger partial charge in [-0.1, -0.05) is 30.3 Å². The number of Topliss-reactive ketones (excluding diaryl/α,β-unsaturated/α-hetero) is 1. The minimum Gasteiger partial charge on any atom is -0.479 e. The summed E-state index contributed by atoms with van der Waals surface area (Å²) < 4.78 is 11.4. The van der Waals surface area contributed by atoms with Gasteiger partial charge >= 0.3 is 0 Å². The third-order valence-corrected chi connectivity index (χ3v) is 5.34. The fourth-order valence-corrected chi connectivity index (χ4v) is 3.54. The summed E-state index contributed by atoms with van der Waals surface area (Å²) in [5.74, 6) is 1.05. The molecule has 0 aliphatic carbocycles. The Morgan fingerprint density at radius 3 is 2.52 bits per heavy atom. The Balaban J connectivity index is 1.38. The van der Waals surface area contributed by atoms with Gasteiger partial charge in [0.05, 0.1) is 11.4 Å². The van der Waals surface area contributed by atoms with Crippen LogP contribution < -0.4 is 19.7 Å². The Hall–Kier alpha value is -4.13. The first-order valence-electron chi connectivity index (χ1n) is 10.7. The highest BCUT2D eigenvalue weighted by molar-refractivity contribution is 6.04. The van der Waals surface area contributed by atoms with Crippen molar-refractivity contribution in [2.75, 3.05) is 17.3 Å². The summed E-state index contributed by atoms with van der Waals surface area (Å²) >= 11 is 0. The van der Waals surface area contributed by atoms with Crippen LogP contribution >= 0.6 is 0 Å². The SMILES string of the molecule is CC1Oc2ccc(C(=O)CCC(=O)Nc3ccccc3Oc3ccccc3)cc2N(C)C1=O. The normalized spacial score (nSPS) is 14.8. The number of ketones is 1. The first-order valence-corrected chi connectivity index (χ1v) is 10.7. The number of nitrogens with zero attached hydrogens (tertiary/aromatic N) is 1. The first kappa shape index (κ1) is 22.1. The molecule has 0 fully saturated rings. The Morgan fingerprint density at radius 2 is 1.73 bits per heavy atom. The number of hydrogen-bond acceptors (Lipinski definition) is 5. The summed E-state index contributed by atoms with van der Waals surface area (Å²) in [6, 6.07) is 21.4. The van der Waals surface area contributed by atoms with E-state index < -0.39 is 6.10 Å². The molecule has 3 aromatic rings. The maximum absolute atomic E-state index is 12.7. The molecule has 0 saturated carbocycles. The minimum absolute atomic E-state index is 0.0118. The standard InChI is InChI=1S/C26H24N2O5/c1-17-26(31)28(2)21-16-18(12-14-24(21)32-17)22(29)13-15-25(30)27-20-10-6-7-11-23(20)33-19-8-4-3-5-9-19/h3-12,14,16-17H,13,15H2,1-2H3,(H,27,30). The highest BCUT2D eigenvalue weighted by atomic mass is 16.5. The molecule has 168 valence electrons. The molecular formula is C26H24N2O5. The predicted molar refractivity (Wildman–Crippen MR) is 125 cm³/mol. The highest BCUT2D eigenvalue weighted by Crippen LogP contribution is 2.34. The summed E-state index contributed by atoms with van der Waals surface area (Å²) in [6.07, 6.45) is -0.527. The second kappa shape index (κ2) is 9.56. The van der Waals surface area contributed by atoms with Gasteiger partial charge in [0.25, 0.3) is 5.91 Å². The number of anilines is 2. The Labute approximate surface area is 191 Å². The topological polar surface area (TPSA) is 84.9 Å². The molecular weight excluding hydrogens is 420 g/mol. The molecule has 0 spiro atoms. The summed E-state index contributed by atoms with van der Waals surface area (Å²) in [5, 5.41) is 2.82. The Kier molecular flexibility index (Phi) is 6.40. The van der Waals surface area contributed by atoms with Gasteiger partial charge in [-0.2, -0.15) is 0 Å². The van der Waals surface area contributed by atoms with Gasteiger partial charge in [0.1, 0.15) is 11.5 Å². The zero-order chi connectivity index (χ0) is 23.4. The average Bonchev–Trinajstić information content (AvgIpc) is 2.83. The zero-order valence-electron chi connectivity index (χ0n) is 18.4. The van der Waals surface area contributed by atoms with Crippen LogP contribution in [0.4, 0.5) is 11.4 Å². The average molecular weight is 444 g/mol. The molecule has 1 atom stereocenters. The van der Waals surface area contributed by atoms with Gasteiger partial charge in [-0.25, -0.2) is 0 Å². The van der Waals surface area contributed by atoms with Crippen LogP contribution in [0.3, 0.4) is 0 Å². The van der Waals surface area contributed by atoms with E-state index in [2.05, 4.69) is 5.32 Å². The third-order valence-electron chi connectivity index (χ3n) is 5.34. The maximum Gasteiger partial charge on any atom is 0.267 e. The van der Waals surface area contributed by atoms with E-state index in [1.807, 2.05) is 36.4 Å². The summed E-state index contributed by atoms with van der Waals surface area (Å²) in [5.41, 5.74) is 1.49. The summed E-state index contributed by atoms with van der Waals surface area (Å²) in [6.45, 7) is 1.68. The molecule has 4 rings (SSSR count). The lowest BCUT2D eigenvalue weighted by atomic mass is 10.0. The summed E-state index contributed by atoms with van der Waals surface area (Å²) in [7, 11) is 1.65. The van der Waals surface area contributed by atoms with Crippen molar-refractivity contribution in [2.24, 2.45) is 0 Å². The number of amides is 2. The van der Waals surface area contributed by atoms with Crippen molar-refractivity contribution in [3.8, 4) is 17.2 Å². The molecule has 1 aliphatic rings. The number of fused-ring (bicyclic) bond motifs is 1. The smallest absolute Gasteiger partial charge is 0.267 e. The predicted octanol–water partition coefficient (Wildman–Crippen LogP) is 4.82. The van der Waals surface area contributed by atoms with Crippen molar-refractivity contribution in [3.05, 3.63) is 78.4 Å². The van der Waals surface area contributed by atoms with Crippen LogP contribution in [-0.4, -0.2) is 30.7 Å². The number of carbonyl (C=O) groups is 3. The molecule has 3 aromatic carbocycles. The highest BCUT2D eigenvalue weighted by Gasteiger charge is 2.29. The fraction of sp³-hybridized carbons (Fsp3) is 0.192. The van der Waals surface area contributed by atoms with Crippen molar-refractivity contribution in [3.63, 3.8) is 0 Å². The van der Waals surface area contributed by atoms with Crippen LogP contribution in [0, 0.1) is 0 Å². The van der Waals surface area contributed by atoms with E-state index in [1.165, 1.54) is 4.90 Å². The van der Waals surface area contributed by atoms with Gasteiger partial charge in [-0.05, 0) is 49.4 Å². The van der Waals surface area contributed by atoms with Gasteiger partial charge in [0.2, 0.25) is 5.91 Å². The van der Waals surface area contributed by atoms with Crippen LogP contribution in [0.1, 0.15) is 30.1 Å². The number of ether oxygens (including phenoxy) is 2. The number of likely N-dealkylation sites (N-methyl/N-ethyl adjacent to an activating group) is 1. The van der Waals surface area contributed by atoms with Crippen molar-refractivity contribution in [1.82, 2.24) is 0 Å². The minimum atomic E-state index is -0.568. The fourth-order valence-electron chi connectivity index (χ4n) is 3.54. The van der Waals surface area contributed by atoms with Gasteiger partial charge in [-0.15, -0.1) is 0 Å². The molecule has 1 heterocycles. The molecule has 1 aliphatic heterocycles. The zero-order valence-corrected chi connectivity index (χ0v) is 18.4. The summed E-state index contributed by atoms with van der Waals surface area (Å²) in [4.78, 5) is 38.9. The van der Waals surface area contributed by atoms with E-state index >= 15 is 0 Å². The molecule has 0 radical (unpaired) electrons. The van der Waals surface area contributed by atoms with E-state index in [0.717, 1.165) is 0 Å². The van der Waals surface area contributed by atoms with E-state index in [4.69, 9.17) is 9.47 Å². The van der Waals surface area contributed by atoms with Crippen molar-refractivity contribution >= 4 is 29.0 Å². The van der Waals surface area contributed by atoms with Crippen LogP contribution in [0.25, 0.3) is 0 Å². The number of para-hydroxylation sites is 3.